The number of benzene rings is 5. The molecule has 2 unspecified atom stereocenters. The number of rotatable bonds is 8. The average molecular weight is 501 g/mol. The van der Waals surface area contributed by atoms with Crippen molar-refractivity contribution >= 4 is 21.5 Å². The van der Waals surface area contributed by atoms with Crippen LogP contribution in [0.15, 0.2) is 97.1 Å². The van der Waals surface area contributed by atoms with Crippen LogP contribution in [0.1, 0.15) is 22.3 Å². The Labute approximate surface area is 221 Å². The van der Waals surface area contributed by atoms with Gasteiger partial charge in [-0.1, -0.05) is 72.8 Å². The molecular formula is C34H28O4. The molecule has 1 aliphatic carbocycles. The molecule has 0 amide bonds. The van der Waals surface area contributed by atoms with Crippen LogP contribution in [0, 0.1) is 0 Å². The van der Waals surface area contributed by atoms with Crippen molar-refractivity contribution in [2.24, 2.45) is 0 Å². The standard InChI is InChI=1S/C34H28O4/c1-3-22-7-8-23-4-2-6-31-33(23)32(22)24(5-1)17-34(31,25-9-13-27(14-10-25)35-18-29-20-37-29)26-11-15-28(16-12-26)36-19-30-21-38-30/h1-16,29-30H,17-21H2. The van der Waals surface area contributed by atoms with Crippen LogP contribution in [0.4, 0.5) is 0 Å². The zero-order valence-corrected chi connectivity index (χ0v) is 21.1. The molecule has 2 aliphatic heterocycles. The van der Waals surface area contributed by atoms with Gasteiger partial charge in [-0.05, 0) is 74.5 Å². The molecule has 2 fully saturated rings. The predicted molar refractivity (Wildman–Crippen MR) is 148 cm³/mol. The van der Waals surface area contributed by atoms with Gasteiger partial charge in [0.05, 0.1) is 13.2 Å². The van der Waals surface area contributed by atoms with Crippen LogP contribution in [0.5, 0.6) is 11.5 Å². The molecule has 0 radical (unpaired) electrons. The van der Waals surface area contributed by atoms with Crippen molar-refractivity contribution in [2.45, 2.75) is 24.0 Å². The van der Waals surface area contributed by atoms with Crippen molar-refractivity contribution in [1.82, 2.24) is 0 Å². The smallest absolute Gasteiger partial charge is 0.119 e. The lowest BCUT2D eigenvalue weighted by Gasteiger charge is -2.40. The Morgan fingerprint density at radius 3 is 1.68 bits per heavy atom. The van der Waals surface area contributed by atoms with Crippen molar-refractivity contribution in [3.8, 4) is 11.5 Å². The molecule has 5 aromatic rings. The molecule has 4 heteroatoms. The van der Waals surface area contributed by atoms with Crippen LogP contribution in [0.2, 0.25) is 0 Å². The van der Waals surface area contributed by atoms with E-state index in [1.807, 2.05) is 0 Å². The highest BCUT2D eigenvalue weighted by atomic mass is 16.6. The van der Waals surface area contributed by atoms with E-state index in [9.17, 15) is 0 Å². The van der Waals surface area contributed by atoms with Gasteiger partial charge < -0.3 is 18.9 Å². The summed E-state index contributed by atoms with van der Waals surface area (Å²) >= 11 is 0. The van der Waals surface area contributed by atoms with Crippen molar-refractivity contribution < 1.29 is 18.9 Å². The molecule has 0 aromatic heterocycles. The summed E-state index contributed by atoms with van der Waals surface area (Å²) in [6, 6.07) is 35.4. The van der Waals surface area contributed by atoms with Crippen molar-refractivity contribution in [3.63, 3.8) is 0 Å². The minimum atomic E-state index is -0.349. The Balaban J connectivity index is 1.30. The molecule has 2 saturated heterocycles. The summed E-state index contributed by atoms with van der Waals surface area (Å²) in [6.07, 6.45) is 1.36. The monoisotopic (exact) mass is 500 g/mol. The quantitative estimate of drug-likeness (QED) is 0.182. The molecule has 8 rings (SSSR count). The topological polar surface area (TPSA) is 43.5 Å². The lowest BCUT2D eigenvalue weighted by Crippen LogP contribution is -2.34. The first-order chi connectivity index (χ1) is 18.8. The minimum absolute atomic E-state index is 0.237. The fraction of sp³-hybridized carbons (Fsp3) is 0.235. The van der Waals surface area contributed by atoms with Crippen LogP contribution in [0.25, 0.3) is 21.5 Å². The van der Waals surface area contributed by atoms with Crippen LogP contribution in [0.3, 0.4) is 0 Å². The molecule has 0 spiro atoms. The molecule has 2 heterocycles. The van der Waals surface area contributed by atoms with Gasteiger partial charge in [-0.2, -0.15) is 0 Å². The molecule has 3 aliphatic rings. The Kier molecular flexibility index (Phi) is 5.01. The van der Waals surface area contributed by atoms with Crippen LogP contribution in [-0.2, 0) is 21.3 Å². The first-order valence-corrected chi connectivity index (χ1v) is 13.4. The van der Waals surface area contributed by atoms with E-state index < -0.39 is 0 Å². The third-order valence-electron chi connectivity index (χ3n) is 8.26. The van der Waals surface area contributed by atoms with Gasteiger partial charge in [0, 0.05) is 5.41 Å². The van der Waals surface area contributed by atoms with Crippen LogP contribution in [-0.4, -0.2) is 38.6 Å². The summed E-state index contributed by atoms with van der Waals surface area (Å²) in [7, 11) is 0. The van der Waals surface area contributed by atoms with Gasteiger partial charge in [0.1, 0.15) is 36.9 Å². The van der Waals surface area contributed by atoms with Crippen molar-refractivity contribution in [2.75, 3.05) is 26.4 Å². The van der Waals surface area contributed by atoms with Gasteiger partial charge in [0.25, 0.3) is 0 Å². The summed E-state index contributed by atoms with van der Waals surface area (Å²) in [5.41, 5.74) is 4.89. The Hall–Kier alpha value is -3.86. The zero-order valence-electron chi connectivity index (χ0n) is 21.1. The summed E-state index contributed by atoms with van der Waals surface area (Å²) in [5.74, 6) is 1.75. The van der Waals surface area contributed by atoms with E-state index in [-0.39, 0.29) is 17.6 Å². The van der Waals surface area contributed by atoms with E-state index in [1.165, 1.54) is 43.8 Å². The largest absolute Gasteiger partial charge is 0.491 e. The molecule has 0 saturated carbocycles. The Bertz CT molecular complexity index is 1590. The SMILES string of the molecule is c1cc2c3c(c1)ccc1cccc(c13)C(c1ccc(OCC3CO3)cc1)(c1ccc(OCC3CO3)cc1)C2. The molecule has 188 valence electrons. The van der Waals surface area contributed by atoms with Gasteiger partial charge in [0.2, 0.25) is 0 Å². The van der Waals surface area contributed by atoms with E-state index in [0.717, 1.165) is 31.1 Å². The Morgan fingerprint density at radius 1 is 0.605 bits per heavy atom. The third-order valence-corrected chi connectivity index (χ3v) is 8.26. The highest BCUT2D eigenvalue weighted by molar-refractivity contribution is 6.12. The summed E-state index contributed by atoms with van der Waals surface area (Å²) in [6.45, 7) is 2.80. The second-order valence-corrected chi connectivity index (χ2v) is 10.6. The lowest BCUT2D eigenvalue weighted by molar-refractivity contribution is 0.263. The number of hydrogen-bond acceptors (Lipinski definition) is 4. The van der Waals surface area contributed by atoms with Gasteiger partial charge in [0.15, 0.2) is 0 Å². The molecule has 4 nitrogen and oxygen atoms in total. The number of epoxide rings is 2. The van der Waals surface area contributed by atoms with Crippen molar-refractivity contribution in [1.29, 1.82) is 0 Å². The average Bonchev–Trinajstić information content (AvgIpc) is 3.90. The highest BCUT2D eigenvalue weighted by Gasteiger charge is 2.41. The fourth-order valence-corrected chi connectivity index (χ4v) is 6.18. The van der Waals surface area contributed by atoms with Gasteiger partial charge in [-0.25, -0.2) is 0 Å². The fourth-order valence-electron chi connectivity index (χ4n) is 6.18. The van der Waals surface area contributed by atoms with Crippen molar-refractivity contribution in [3.05, 3.63) is 119 Å². The normalized spacial score (nSPS) is 23.1. The van der Waals surface area contributed by atoms with Crippen LogP contribution >= 0.6 is 0 Å². The summed E-state index contributed by atoms with van der Waals surface area (Å²) in [5, 5.41) is 5.31. The first-order valence-electron chi connectivity index (χ1n) is 13.4. The zero-order chi connectivity index (χ0) is 25.1. The van der Waals surface area contributed by atoms with E-state index in [4.69, 9.17) is 18.9 Å². The summed E-state index contributed by atoms with van der Waals surface area (Å²) in [4.78, 5) is 0. The molecule has 0 bridgehead atoms. The first kappa shape index (κ1) is 22.2. The number of hydrogen-bond donors (Lipinski definition) is 0. The number of ether oxygens (including phenoxy) is 4. The predicted octanol–water partition coefficient (Wildman–Crippen LogP) is 6.44. The molecular weight excluding hydrogens is 472 g/mol. The highest BCUT2D eigenvalue weighted by Crippen LogP contribution is 2.51. The second-order valence-electron chi connectivity index (χ2n) is 10.6. The maximum Gasteiger partial charge on any atom is 0.119 e. The van der Waals surface area contributed by atoms with E-state index in [0.29, 0.717) is 13.2 Å². The van der Waals surface area contributed by atoms with E-state index >= 15 is 0 Å². The maximum absolute atomic E-state index is 5.99. The summed E-state index contributed by atoms with van der Waals surface area (Å²) < 4.78 is 22.6. The minimum Gasteiger partial charge on any atom is -0.491 e. The van der Waals surface area contributed by atoms with E-state index in [2.05, 4.69) is 97.1 Å². The second kappa shape index (κ2) is 8.59. The lowest BCUT2D eigenvalue weighted by atomic mass is 9.62. The molecule has 5 aromatic carbocycles. The molecule has 2 atom stereocenters. The molecule has 0 N–H and O–H groups in total. The maximum atomic E-state index is 5.99. The van der Waals surface area contributed by atoms with E-state index in [1.54, 1.807) is 0 Å². The van der Waals surface area contributed by atoms with Gasteiger partial charge in [-0.15, -0.1) is 0 Å². The Morgan fingerprint density at radius 2 is 1.13 bits per heavy atom. The van der Waals surface area contributed by atoms with Crippen LogP contribution < -0.4 is 9.47 Å². The molecule has 38 heavy (non-hydrogen) atoms. The van der Waals surface area contributed by atoms with Gasteiger partial charge >= 0.3 is 0 Å². The van der Waals surface area contributed by atoms with Gasteiger partial charge in [-0.3, -0.25) is 0 Å². The third kappa shape index (κ3) is 3.67.